The van der Waals surface area contributed by atoms with Gasteiger partial charge in [0.1, 0.15) is 5.75 Å². The number of anilines is 1. The molecule has 1 saturated heterocycles. The molecule has 1 heterocycles. The number of benzene rings is 2. The van der Waals surface area contributed by atoms with E-state index < -0.39 is 10.0 Å². The van der Waals surface area contributed by atoms with E-state index in [0.29, 0.717) is 23.7 Å². The quantitative estimate of drug-likeness (QED) is 0.531. The average molecular weight is 500 g/mol. The molecular weight excluding hydrogens is 475 g/mol. The normalized spacial score (nSPS) is 15.5. The number of sulfonamides is 1. The molecule has 0 aromatic heterocycles. The summed E-state index contributed by atoms with van der Waals surface area (Å²) in [7, 11) is -3.42. The van der Waals surface area contributed by atoms with Gasteiger partial charge in [-0.25, -0.2) is 8.42 Å². The predicted octanol–water partition coefficient (Wildman–Crippen LogP) is 4.34. The lowest BCUT2D eigenvalue weighted by Gasteiger charge is -2.30. The summed E-state index contributed by atoms with van der Waals surface area (Å²) in [5.41, 5.74) is 0.582. The standard InChI is InChI=1S/C20H25IN2O3S/c1-27(24,25)23(15-14-22-12-6-3-7-13-22)19-11-10-17(21)16-20(19)26-18-8-4-2-5-9-18/h2,4-5,8-11,16H,3,6-7,12-15H2,1H3. The Hall–Kier alpha value is -1.32. The fraction of sp³-hybridized carbons (Fsp3) is 0.400. The number of hydrogen-bond donors (Lipinski definition) is 0. The number of para-hydroxylation sites is 1. The Bertz CT molecular complexity index is 853. The first kappa shape index (κ1) is 20.4. The lowest BCUT2D eigenvalue weighted by molar-refractivity contribution is 0.235. The Kier molecular flexibility index (Phi) is 6.99. The van der Waals surface area contributed by atoms with Crippen LogP contribution >= 0.6 is 22.6 Å². The Morgan fingerprint density at radius 1 is 1.07 bits per heavy atom. The van der Waals surface area contributed by atoms with E-state index in [0.717, 1.165) is 23.2 Å². The third kappa shape index (κ3) is 5.83. The topological polar surface area (TPSA) is 49.9 Å². The van der Waals surface area contributed by atoms with Crippen LogP contribution in [-0.4, -0.2) is 45.8 Å². The van der Waals surface area contributed by atoms with Crippen molar-refractivity contribution in [3.63, 3.8) is 0 Å². The smallest absolute Gasteiger partial charge is 0.232 e. The van der Waals surface area contributed by atoms with E-state index in [9.17, 15) is 8.42 Å². The maximum absolute atomic E-state index is 12.5. The van der Waals surface area contributed by atoms with E-state index in [2.05, 4.69) is 27.5 Å². The van der Waals surface area contributed by atoms with Crippen molar-refractivity contribution in [1.82, 2.24) is 4.90 Å². The van der Waals surface area contributed by atoms with Crippen LogP contribution in [-0.2, 0) is 10.0 Å². The molecular formula is C20H25IN2O3S. The van der Waals surface area contributed by atoms with Crippen LogP contribution in [0, 0.1) is 3.57 Å². The van der Waals surface area contributed by atoms with Crippen molar-refractivity contribution < 1.29 is 13.2 Å². The molecule has 3 rings (SSSR count). The lowest BCUT2D eigenvalue weighted by Crippen LogP contribution is -2.40. The summed E-state index contributed by atoms with van der Waals surface area (Å²) in [5.74, 6) is 1.24. The SMILES string of the molecule is CS(=O)(=O)N(CCN1CCCCC1)c1ccc(I)cc1Oc1ccccc1. The van der Waals surface area contributed by atoms with Gasteiger partial charge in [-0.05, 0) is 78.9 Å². The molecule has 0 unspecified atom stereocenters. The van der Waals surface area contributed by atoms with Crippen molar-refractivity contribution in [2.45, 2.75) is 19.3 Å². The van der Waals surface area contributed by atoms with Crippen molar-refractivity contribution in [1.29, 1.82) is 0 Å². The Morgan fingerprint density at radius 3 is 2.44 bits per heavy atom. The van der Waals surface area contributed by atoms with Gasteiger partial charge >= 0.3 is 0 Å². The summed E-state index contributed by atoms with van der Waals surface area (Å²) in [5, 5.41) is 0. The molecule has 0 spiro atoms. The van der Waals surface area contributed by atoms with Crippen LogP contribution in [0.2, 0.25) is 0 Å². The van der Waals surface area contributed by atoms with Crippen molar-refractivity contribution in [3.8, 4) is 11.5 Å². The van der Waals surface area contributed by atoms with Crippen LogP contribution in [0.3, 0.4) is 0 Å². The first-order chi connectivity index (χ1) is 12.9. The van der Waals surface area contributed by atoms with Gasteiger partial charge in [0, 0.05) is 16.7 Å². The summed E-state index contributed by atoms with van der Waals surface area (Å²) < 4.78 is 33.6. The van der Waals surface area contributed by atoms with Gasteiger partial charge in [0.25, 0.3) is 0 Å². The molecule has 1 aliphatic rings. The highest BCUT2D eigenvalue weighted by molar-refractivity contribution is 14.1. The van der Waals surface area contributed by atoms with Gasteiger partial charge in [-0.1, -0.05) is 24.6 Å². The van der Waals surface area contributed by atoms with Gasteiger partial charge in [-0.3, -0.25) is 4.31 Å². The second kappa shape index (κ2) is 9.25. The lowest BCUT2D eigenvalue weighted by atomic mass is 10.1. The molecule has 1 aliphatic heterocycles. The van der Waals surface area contributed by atoms with E-state index >= 15 is 0 Å². The van der Waals surface area contributed by atoms with E-state index in [1.165, 1.54) is 29.8 Å². The summed E-state index contributed by atoms with van der Waals surface area (Å²) in [6.07, 6.45) is 4.89. The third-order valence-corrected chi connectivity index (χ3v) is 6.48. The molecule has 27 heavy (non-hydrogen) atoms. The summed E-state index contributed by atoms with van der Waals surface area (Å²) >= 11 is 2.21. The molecule has 1 fully saturated rings. The van der Waals surface area contributed by atoms with Crippen LogP contribution in [0.5, 0.6) is 11.5 Å². The highest BCUT2D eigenvalue weighted by Gasteiger charge is 2.23. The number of piperidine rings is 1. The number of nitrogens with zero attached hydrogens (tertiary/aromatic N) is 2. The van der Waals surface area contributed by atoms with Crippen LogP contribution in [0.25, 0.3) is 0 Å². The number of likely N-dealkylation sites (tertiary alicyclic amines) is 1. The van der Waals surface area contributed by atoms with Crippen LogP contribution < -0.4 is 9.04 Å². The molecule has 5 nitrogen and oxygen atoms in total. The molecule has 2 aromatic rings. The summed E-state index contributed by atoms with van der Waals surface area (Å²) in [6.45, 7) is 3.23. The van der Waals surface area contributed by atoms with Gasteiger partial charge in [0.05, 0.1) is 11.9 Å². The Labute approximate surface area is 175 Å². The maximum atomic E-state index is 12.5. The van der Waals surface area contributed by atoms with Crippen molar-refractivity contribution in [2.24, 2.45) is 0 Å². The monoisotopic (exact) mass is 500 g/mol. The van der Waals surface area contributed by atoms with E-state index in [-0.39, 0.29) is 0 Å². The highest BCUT2D eigenvalue weighted by atomic mass is 127. The van der Waals surface area contributed by atoms with E-state index in [4.69, 9.17) is 4.74 Å². The number of rotatable bonds is 7. The molecule has 0 amide bonds. The summed E-state index contributed by atoms with van der Waals surface area (Å²) in [6, 6.07) is 15.1. The van der Waals surface area contributed by atoms with Crippen LogP contribution in [0.1, 0.15) is 19.3 Å². The molecule has 0 N–H and O–H groups in total. The van der Waals surface area contributed by atoms with Gasteiger partial charge in [0.15, 0.2) is 5.75 Å². The fourth-order valence-corrected chi connectivity index (χ4v) is 4.66. The maximum Gasteiger partial charge on any atom is 0.232 e. The molecule has 146 valence electrons. The highest BCUT2D eigenvalue weighted by Crippen LogP contribution is 2.35. The minimum Gasteiger partial charge on any atom is -0.455 e. The van der Waals surface area contributed by atoms with E-state index in [1.54, 1.807) is 0 Å². The van der Waals surface area contributed by atoms with Crippen molar-refractivity contribution in [3.05, 3.63) is 52.1 Å². The largest absolute Gasteiger partial charge is 0.455 e. The van der Waals surface area contributed by atoms with E-state index in [1.807, 2.05) is 48.5 Å². The zero-order chi connectivity index (χ0) is 19.3. The van der Waals surface area contributed by atoms with Gasteiger partial charge in [0.2, 0.25) is 10.0 Å². The Morgan fingerprint density at radius 2 is 1.78 bits per heavy atom. The van der Waals surface area contributed by atoms with Crippen molar-refractivity contribution >= 4 is 38.3 Å². The zero-order valence-corrected chi connectivity index (χ0v) is 18.4. The zero-order valence-electron chi connectivity index (χ0n) is 15.5. The molecule has 0 saturated carbocycles. The molecule has 0 atom stereocenters. The minimum atomic E-state index is -3.42. The van der Waals surface area contributed by atoms with Crippen LogP contribution in [0.15, 0.2) is 48.5 Å². The predicted molar refractivity (Wildman–Crippen MR) is 118 cm³/mol. The Balaban J connectivity index is 1.87. The van der Waals surface area contributed by atoms with Gasteiger partial charge < -0.3 is 9.64 Å². The molecule has 7 heteroatoms. The third-order valence-electron chi connectivity index (χ3n) is 4.63. The van der Waals surface area contributed by atoms with Gasteiger partial charge in [-0.2, -0.15) is 0 Å². The minimum absolute atomic E-state index is 0.421. The second-order valence-corrected chi connectivity index (χ2v) is 9.92. The number of ether oxygens (including phenoxy) is 1. The summed E-state index contributed by atoms with van der Waals surface area (Å²) in [4.78, 5) is 2.34. The first-order valence-electron chi connectivity index (χ1n) is 9.16. The molecule has 0 bridgehead atoms. The van der Waals surface area contributed by atoms with Gasteiger partial charge in [-0.15, -0.1) is 0 Å². The number of halogens is 1. The molecule has 2 aromatic carbocycles. The fourth-order valence-electron chi connectivity index (χ4n) is 3.27. The van der Waals surface area contributed by atoms with Crippen LogP contribution in [0.4, 0.5) is 5.69 Å². The molecule has 0 radical (unpaired) electrons. The second-order valence-electron chi connectivity index (χ2n) is 6.76. The molecule has 0 aliphatic carbocycles. The average Bonchev–Trinajstić information content (AvgIpc) is 2.64. The van der Waals surface area contributed by atoms with Crippen molar-refractivity contribution in [2.75, 3.05) is 36.7 Å². The first-order valence-corrected chi connectivity index (χ1v) is 12.1. The number of hydrogen-bond acceptors (Lipinski definition) is 4.